The fourth-order valence-electron chi connectivity index (χ4n) is 3.86. The number of carbonyl (C=O) groups is 1. The van der Waals surface area contributed by atoms with Crippen LogP contribution in [0.1, 0.15) is 62.0 Å². The number of ether oxygens (including phenoxy) is 1. The third-order valence-electron chi connectivity index (χ3n) is 5.78. The molecule has 0 bridgehead atoms. The summed E-state index contributed by atoms with van der Waals surface area (Å²) in [5, 5.41) is 0. The SMILES string of the molecule is COC(=O)c1ccc([N+](=CCl)c2ccc3c(c2)C(C)(C)CCC3(C)C)cc1. The molecule has 0 aliphatic heterocycles. The maximum atomic E-state index is 11.7. The molecule has 0 unspecified atom stereocenters. The quantitative estimate of drug-likeness (QED) is 0.373. The molecule has 3 rings (SSSR count). The second kappa shape index (κ2) is 7.12. The molecule has 0 N–H and O–H groups in total. The van der Waals surface area contributed by atoms with Gasteiger partial charge in [-0.15, -0.1) is 4.58 Å². The molecular formula is C23H27ClNO2+. The Morgan fingerprint density at radius 2 is 1.52 bits per heavy atom. The van der Waals surface area contributed by atoms with E-state index in [9.17, 15) is 4.79 Å². The van der Waals surface area contributed by atoms with Gasteiger partial charge >= 0.3 is 5.97 Å². The van der Waals surface area contributed by atoms with Crippen molar-refractivity contribution >= 4 is 34.6 Å². The van der Waals surface area contributed by atoms with Crippen LogP contribution in [0.25, 0.3) is 0 Å². The largest absolute Gasteiger partial charge is 0.465 e. The van der Waals surface area contributed by atoms with Crippen LogP contribution in [-0.4, -0.2) is 18.8 Å². The molecule has 0 saturated heterocycles. The van der Waals surface area contributed by atoms with Gasteiger partial charge in [-0.25, -0.2) is 4.79 Å². The lowest BCUT2D eigenvalue weighted by atomic mass is 9.63. The minimum Gasteiger partial charge on any atom is -0.465 e. The lowest BCUT2D eigenvalue weighted by Gasteiger charge is -2.41. The highest BCUT2D eigenvalue weighted by Gasteiger charge is 2.37. The summed E-state index contributed by atoms with van der Waals surface area (Å²) in [6.45, 7) is 9.25. The first-order valence-electron chi connectivity index (χ1n) is 9.26. The average molecular weight is 385 g/mol. The van der Waals surface area contributed by atoms with Gasteiger partial charge in [-0.05, 0) is 58.5 Å². The van der Waals surface area contributed by atoms with Crippen LogP contribution in [-0.2, 0) is 15.6 Å². The molecule has 27 heavy (non-hydrogen) atoms. The van der Waals surface area contributed by atoms with Crippen LogP contribution in [0.15, 0.2) is 42.5 Å². The zero-order chi connectivity index (χ0) is 19.8. The Kier molecular flexibility index (Phi) is 5.18. The number of fused-ring (bicyclic) bond motifs is 1. The molecular weight excluding hydrogens is 358 g/mol. The molecule has 1 aliphatic carbocycles. The van der Waals surface area contributed by atoms with Crippen LogP contribution in [0, 0.1) is 0 Å². The zero-order valence-corrected chi connectivity index (χ0v) is 17.4. The molecule has 0 heterocycles. The Balaban J connectivity index is 2.04. The summed E-state index contributed by atoms with van der Waals surface area (Å²) in [7, 11) is 1.38. The monoisotopic (exact) mass is 384 g/mol. The van der Waals surface area contributed by atoms with E-state index in [-0.39, 0.29) is 16.8 Å². The van der Waals surface area contributed by atoms with Crippen LogP contribution >= 0.6 is 11.6 Å². The van der Waals surface area contributed by atoms with Crippen molar-refractivity contribution in [2.45, 2.75) is 51.4 Å². The lowest BCUT2D eigenvalue weighted by Crippen LogP contribution is -2.33. The van der Waals surface area contributed by atoms with Crippen LogP contribution in [0.5, 0.6) is 0 Å². The van der Waals surface area contributed by atoms with E-state index in [1.807, 2.05) is 16.7 Å². The molecule has 0 radical (unpaired) electrons. The minimum atomic E-state index is -0.347. The third-order valence-corrected chi connectivity index (χ3v) is 5.97. The fraction of sp³-hybridized carbons (Fsp3) is 0.391. The number of halogens is 1. The van der Waals surface area contributed by atoms with Crippen LogP contribution in [0.4, 0.5) is 11.4 Å². The number of nitrogens with zero attached hydrogens (tertiary/aromatic N) is 1. The molecule has 1 aliphatic rings. The Morgan fingerprint density at radius 3 is 2.07 bits per heavy atom. The molecule has 4 heteroatoms. The first-order chi connectivity index (χ1) is 12.7. The second-order valence-electron chi connectivity index (χ2n) is 8.50. The van der Waals surface area contributed by atoms with E-state index in [1.54, 1.807) is 12.1 Å². The maximum absolute atomic E-state index is 11.7. The van der Waals surface area contributed by atoms with Crippen LogP contribution < -0.4 is 4.58 Å². The second-order valence-corrected chi connectivity index (χ2v) is 8.70. The topological polar surface area (TPSA) is 29.3 Å². The number of esters is 1. The fourth-order valence-corrected chi connectivity index (χ4v) is 4.09. The average Bonchev–Trinajstić information content (AvgIpc) is 2.66. The van der Waals surface area contributed by atoms with Gasteiger partial charge in [0.05, 0.1) is 12.7 Å². The zero-order valence-electron chi connectivity index (χ0n) is 16.7. The van der Waals surface area contributed by atoms with Crippen molar-refractivity contribution in [3.63, 3.8) is 0 Å². The number of methoxy groups -OCH3 is 1. The van der Waals surface area contributed by atoms with Gasteiger partial charge in [0.1, 0.15) is 0 Å². The summed E-state index contributed by atoms with van der Waals surface area (Å²) in [4.78, 5) is 11.7. The van der Waals surface area contributed by atoms with E-state index in [2.05, 4.69) is 45.9 Å². The first kappa shape index (κ1) is 19.6. The van der Waals surface area contributed by atoms with Gasteiger partial charge in [0.25, 0.3) is 0 Å². The van der Waals surface area contributed by atoms with Crippen molar-refractivity contribution in [3.8, 4) is 0 Å². The van der Waals surface area contributed by atoms with E-state index in [4.69, 9.17) is 16.3 Å². The van der Waals surface area contributed by atoms with E-state index >= 15 is 0 Å². The standard InChI is InChI=1S/C23H27ClNO2/c1-22(2)12-13-23(3,4)20-14-18(10-11-19(20)22)25(15-24)17-8-6-16(7-9-17)21(26)27-5/h6-11,14-15H,12-13H2,1-5H3/q+1. The Hall–Kier alpha value is -2.13. The van der Waals surface area contributed by atoms with Crippen molar-refractivity contribution in [1.82, 2.24) is 4.58 Å². The molecule has 0 saturated carbocycles. The summed E-state index contributed by atoms with van der Waals surface area (Å²) in [6, 6.07) is 13.9. The molecule has 0 amide bonds. The molecule has 0 atom stereocenters. The smallest absolute Gasteiger partial charge is 0.337 e. The highest BCUT2D eigenvalue weighted by molar-refractivity contribution is 6.56. The number of hydrogen-bond donors (Lipinski definition) is 0. The Bertz CT molecular complexity index is 895. The maximum Gasteiger partial charge on any atom is 0.337 e. The van der Waals surface area contributed by atoms with Gasteiger partial charge in [-0.1, -0.05) is 33.8 Å². The van der Waals surface area contributed by atoms with Gasteiger partial charge in [-0.2, -0.15) is 0 Å². The molecule has 0 aromatic heterocycles. The van der Waals surface area contributed by atoms with Crippen LogP contribution in [0.2, 0.25) is 0 Å². The number of hydrogen-bond acceptors (Lipinski definition) is 2. The summed E-state index contributed by atoms with van der Waals surface area (Å²) < 4.78 is 6.70. The van der Waals surface area contributed by atoms with Gasteiger partial charge in [0.15, 0.2) is 0 Å². The van der Waals surface area contributed by atoms with Crippen molar-refractivity contribution in [2.24, 2.45) is 0 Å². The summed E-state index contributed by atoms with van der Waals surface area (Å²) in [6.07, 6.45) is 2.35. The number of rotatable bonds is 3. The Morgan fingerprint density at radius 1 is 0.963 bits per heavy atom. The molecule has 3 nitrogen and oxygen atoms in total. The van der Waals surface area contributed by atoms with Crippen molar-refractivity contribution in [1.29, 1.82) is 0 Å². The molecule has 2 aromatic carbocycles. The molecule has 2 aromatic rings. The number of benzene rings is 2. The summed E-state index contributed by atoms with van der Waals surface area (Å²) in [5.74, 6) is -0.347. The third kappa shape index (κ3) is 3.66. The van der Waals surface area contributed by atoms with Crippen molar-refractivity contribution in [3.05, 3.63) is 59.2 Å². The normalized spacial score (nSPS) is 17.9. The molecule has 0 spiro atoms. The lowest BCUT2D eigenvalue weighted by molar-refractivity contribution is 0.0601. The van der Waals surface area contributed by atoms with Crippen molar-refractivity contribution in [2.75, 3.05) is 7.11 Å². The summed E-state index contributed by atoms with van der Waals surface area (Å²) in [5.41, 5.74) is 7.07. The summed E-state index contributed by atoms with van der Waals surface area (Å²) >= 11 is 6.19. The van der Waals surface area contributed by atoms with Gasteiger partial charge in [0.2, 0.25) is 17.0 Å². The minimum absolute atomic E-state index is 0.133. The van der Waals surface area contributed by atoms with E-state index < -0.39 is 0 Å². The van der Waals surface area contributed by atoms with E-state index in [0.29, 0.717) is 5.56 Å². The predicted octanol–water partition coefficient (Wildman–Crippen LogP) is 5.92. The van der Waals surface area contributed by atoms with E-state index in [0.717, 1.165) is 17.8 Å². The molecule has 0 fully saturated rings. The highest BCUT2D eigenvalue weighted by atomic mass is 35.5. The Labute approximate surface area is 166 Å². The van der Waals surface area contributed by atoms with Gasteiger partial charge in [-0.3, -0.25) is 0 Å². The number of carbonyl (C=O) groups excluding carboxylic acids is 1. The van der Waals surface area contributed by atoms with E-state index in [1.165, 1.54) is 30.3 Å². The molecule has 142 valence electrons. The van der Waals surface area contributed by atoms with Crippen LogP contribution in [0.3, 0.4) is 0 Å². The highest BCUT2D eigenvalue weighted by Crippen LogP contribution is 2.46. The van der Waals surface area contributed by atoms with Gasteiger partial charge in [0, 0.05) is 24.3 Å². The predicted molar refractivity (Wildman–Crippen MR) is 113 cm³/mol. The van der Waals surface area contributed by atoms with Gasteiger partial charge < -0.3 is 4.74 Å². The first-order valence-corrected chi connectivity index (χ1v) is 9.69. The van der Waals surface area contributed by atoms with Crippen molar-refractivity contribution < 1.29 is 9.53 Å².